The number of piperidine rings is 1. The number of fused-ring (bicyclic) bond motifs is 2. The molecule has 3 aliphatic heterocycles. The Morgan fingerprint density at radius 3 is 2.38 bits per heavy atom. The Hall–Kier alpha value is -4.11. The van der Waals surface area contributed by atoms with Gasteiger partial charge in [-0.3, -0.25) is 9.59 Å². The SMILES string of the molecule is COc1cccc(C(=O)NC2C[C@H]3CC[C@@H](C2)N3c2ccc(C(=O)NCc3ccc(N4CCOCC4)cc3)cn2)c1C. The highest BCUT2D eigenvalue weighted by Crippen LogP contribution is 2.38. The van der Waals surface area contributed by atoms with Gasteiger partial charge in [0.25, 0.3) is 11.8 Å². The van der Waals surface area contributed by atoms with Crippen LogP contribution in [0.5, 0.6) is 5.75 Å². The summed E-state index contributed by atoms with van der Waals surface area (Å²) in [5, 5.41) is 6.29. The molecule has 3 fully saturated rings. The Morgan fingerprint density at radius 1 is 0.976 bits per heavy atom. The Balaban J connectivity index is 1.02. The second-order valence-electron chi connectivity index (χ2n) is 11.4. The molecular weight excluding hydrogens is 530 g/mol. The van der Waals surface area contributed by atoms with Crippen LogP contribution < -0.4 is 25.2 Å². The summed E-state index contributed by atoms with van der Waals surface area (Å²) >= 11 is 0. The molecular formula is C33H39N5O4. The maximum Gasteiger partial charge on any atom is 0.253 e. The lowest BCUT2D eigenvalue weighted by Crippen LogP contribution is -2.50. The monoisotopic (exact) mass is 569 g/mol. The zero-order chi connectivity index (χ0) is 29.1. The van der Waals surface area contributed by atoms with Gasteiger partial charge in [0.05, 0.1) is 25.9 Å². The van der Waals surface area contributed by atoms with Crippen molar-refractivity contribution in [2.24, 2.45) is 0 Å². The highest BCUT2D eigenvalue weighted by atomic mass is 16.5. The molecule has 3 aromatic rings. The van der Waals surface area contributed by atoms with Crippen LogP contribution >= 0.6 is 0 Å². The fourth-order valence-corrected chi connectivity index (χ4v) is 6.62. The van der Waals surface area contributed by atoms with Gasteiger partial charge >= 0.3 is 0 Å². The van der Waals surface area contributed by atoms with Gasteiger partial charge in [0, 0.05) is 60.8 Å². The summed E-state index contributed by atoms with van der Waals surface area (Å²) in [6.45, 7) is 5.70. The molecule has 1 aromatic heterocycles. The number of benzene rings is 2. The normalized spacial score (nSPS) is 21.6. The molecule has 1 unspecified atom stereocenters. The van der Waals surface area contributed by atoms with Gasteiger partial charge < -0.3 is 29.9 Å². The fourth-order valence-electron chi connectivity index (χ4n) is 6.62. The standard InChI is InChI=1S/C33H39N5O4/c1-22-29(4-3-5-30(22)41-2)33(40)36-25-18-27-11-12-28(19-25)38(27)31-13-8-24(21-34-31)32(39)35-20-23-6-9-26(10-7-23)37-14-16-42-17-15-37/h3-10,13,21,25,27-28H,11-12,14-20H2,1-2H3,(H,35,39)(H,36,40)/t25?,27-,28+. The lowest BCUT2D eigenvalue weighted by Gasteiger charge is -2.40. The Kier molecular flexibility index (Phi) is 8.28. The van der Waals surface area contributed by atoms with Gasteiger partial charge in [0.1, 0.15) is 11.6 Å². The van der Waals surface area contributed by atoms with Crippen molar-refractivity contribution in [3.8, 4) is 5.75 Å². The summed E-state index contributed by atoms with van der Waals surface area (Å²) in [6.07, 6.45) is 5.57. The number of nitrogens with zero attached hydrogens (tertiary/aromatic N) is 3. The van der Waals surface area contributed by atoms with E-state index in [2.05, 4.69) is 44.7 Å². The third-order valence-electron chi connectivity index (χ3n) is 8.86. The summed E-state index contributed by atoms with van der Waals surface area (Å²) in [5.74, 6) is 1.43. The molecule has 0 radical (unpaired) electrons. The van der Waals surface area contributed by atoms with E-state index in [4.69, 9.17) is 14.5 Å². The number of aromatic nitrogens is 1. The van der Waals surface area contributed by atoms with E-state index in [1.54, 1.807) is 13.3 Å². The number of carbonyl (C=O) groups excluding carboxylic acids is 2. The van der Waals surface area contributed by atoms with Gasteiger partial charge in [0.2, 0.25) is 0 Å². The van der Waals surface area contributed by atoms with Crippen molar-refractivity contribution in [1.29, 1.82) is 0 Å². The van der Waals surface area contributed by atoms with Crippen LogP contribution in [0.4, 0.5) is 11.5 Å². The number of methoxy groups -OCH3 is 1. The lowest BCUT2D eigenvalue weighted by molar-refractivity contribution is 0.0923. The minimum atomic E-state index is -0.136. The average Bonchev–Trinajstić information content (AvgIpc) is 3.30. The molecule has 9 nitrogen and oxygen atoms in total. The highest BCUT2D eigenvalue weighted by molar-refractivity contribution is 5.96. The largest absolute Gasteiger partial charge is 0.496 e. The fraction of sp³-hybridized carbons (Fsp3) is 0.424. The van der Waals surface area contributed by atoms with Crippen LogP contribution in [0.15, 0.2) is 60.8 Å². The molecule has 3 atom stereocenters. The van der Waals surface area contributed by atoms with Gasteiger partial charge in [-0.25, -0.2) is 4.98 Å². The molecule has 6 rings (SSSR count). The van der Waals surface area contributed by atoms with E-state index in [9.17, 15) is 9.59 Å². The Labute approximate surface area is 247 Å². The van der Waals surface area contributed by atoms with E-state index in [0.717, 1.165) is 74.7 Å². The van der Waals surface area contributed by atoms with Gasteiger partial charge in [-0.2, -0.15) is 0 Å². The number of ether oxygens (including phenoxy) is 2. The second kappa shape index (κ2) is 12.4. The number of rotatable bonds is 8. The molecule has 0 aliphatic carbocycles. The Morgan fingerprint density at radius 2 is 1.71 bits per heavy atom. The van der Waals surface area contributed by atoms with Crippen LogP contribution in [0.1, 0.15) is 57.5 Å². The number of nitrogens with one attached hydrogen (secondary N) is 2. The average molecular weight is 570 g/mol. The summed E-state index contributed by atoms with van der Waals surface area (Å²) < 4.78 is 10.8. The molecule has 0 saturated carbocycles. The maximum atomic E-state index is 13.1. The van der Waals surface area contributed by atoms with Crippen LogP contribution in [0.3, 0.4) is 0 Å². The van der Waals surface area contributed by atoms with E-state index < -0.39 is 0 Å². The minimum Gasteiger partial charge on any atom is -0.496 e. The van der Waals surface area contributed by atoms with E-state index in [1.165, 1.54) is 5.69 Å². The van der Waals surface area contributed by atoms with Crippen LogP contribution in [0.25, 0.3) is 0 Å². The van der Waals surface area contributed by atoms with E-state index >= 15 is 0 Å². The van der Waals surface area contributed by atoms with Crippen LogP contribution in [-0.4, -0.2) is 68.3 Å². The maximum absolute atomic E-state index is 13.1. The van der Waals surface area contributed by atoms with E-state index in [1.807, 2.05) is 37.3 Å². The summed E-state index contributed by atoms with van der Waals surface area (Å²) in [7, 11) is 1.62. The van der Waals surface area contributed by atoms with Crippen molar-refractivity contribution in [3.05, 3.63) is 83.0 Å². The third-order valence-corrected chi connectivity index (χ3v) is 8.86. The van der Waals surface area contributed by atoms with Crippen molar-refractivity contribution in [1.82, 2.24) is 15.6 Å². The molecule has 2 amide bonds. The van der Waals surface area contributed by atoms with Crippen molar-refractivity contribution >= 4 is 23.3 Å². The predicted octanol–water partition coefficient (Wildman–Crippen LogP) is 4.10. The zero-order valence-electron chi connectivity index (χ0n) is 24.3. The molecule has 4 heterocycles. The first kappa shape index (κ1) is 28.0. The number of carbonyl (C=O) groups is 2. The van der Waals surface area contributed by atoms with Crippen molar-refractivity contribution in [2.45, 2.75) is 57.3 Å². The number of hydrogen-bond donors (Lipinski definition) is 2. The molecule has 9 heteroatoms. The topological polar surface area (TPSA) is 96.0 Å². The number of pyridine rings is 1. The number of morpholine rings is 1. The highest BCUT2D eigenvalue weighted by Gasteiger charge is 2.42. The molecule has 42 heavy (non-hydrogen) atoms. The Bertz CT molecular complexity index is 1390. The van der Waals surface area contributed by atoms with Crippen LogP contribution in [0.2, 0.25) is 0 Å². The first-order chi connectivity index (χ1) is 20.5. The first-order valence-electron chi connectivity index (χ1n) is 14.9. The van der Waals surface area contributed by atoms with Crippen LogP contribution in [0, 0.1) is 6.92 Å². The molecule has 2 N–H and O–H groups in total. The smallest absolute Gasteiger partial charge is 0.253 e. The molecule has 220 valence electrons. The van der Waals surface area contributed by atoms with Crippen LogP contribution in [-0.2, 0) is 11.3 Å². The molecule has 2 bridgehead atoms. The quantitative estimate of drug-likeness (QED) is 0.422. The summed E-state index contributed by atoms with van der Waals surface area (Å²) in [4.78, 5) is 35.3. The van der Waals surface area contributed by atoms with Gasteiger partial charge in [0.15, 0.2) is 0 Å². The molecule has 0 spiro atoms. The number of hydrogen-bond acceptors (Lipinski definition) is 7. The van der Waals surface area contributed by atoms with Crippen molar-refractivity contribution in [3.63, 3.8) is 0 Å². The molecule has 3 saturated heterocycles. The first-order valence-corrected chi connectivity index (χ1v) is 14.9. The zero-order valence-corrected chi connectivity index (χ0v) is 24.3. The third kappa shape index (κ3) is 5.92. The van der Waals surface area contributed by atoms with Crippen molar-refractivity contribution in [2.75, 3.05) is 43.2 Å². The number of anilines is 2. The minimum absolute atomic E-state index is 0.0502. The van der Waals surface area contributed by atoms with E-state index in [-0.39, 0.29) is 17.9 Å². The van der Waals surface area contributed by atoms with E-state index in [0.29, 0.717) is 29.8 Å². The van der Waals surface area contributed by atoms with Gasteiger partial charge in [-0.1, -0.05) is 18.2 Å². The lowest BCUT2D eigenvalue weighted by atomic mass is 9.96. The second-order valence-corrected chi connectivity index (χ2v) is 11.4. The predicted molar refractivity (Wildman–Crippen MR) is 162 cm³/mol. The van der Waals surface area contributed by atoms with Crippen molar-refractivity contribution < 1.29 is 19.1 Å². The summed E-state index contributed by atoms with van der Waals surface area (Å²) in [6, 6.07) is 18.5. The van der Waals surface area contributed by atoms with Gasteiger partial charge in [-0.15, -0.1) is 0 Å². The summed E-state index contributed by atoms with van der Waals surface area (Å²) in [5.41, 5.74) is 4.29. The number of amides is 2. The molecule has 3 aliphatic rings. The van der Waals surface area contributed by atoms with Gasteiger partial charge in [-0.05, 0) is 74.6 Å². The molecule has 2 aromatic carbocycles.